The van der Waals surface area contributed by atoms with Crippen LogP contribution in [0.3, 0.4) is 0 Å². The standard InChI is InChI=1S/C18H14N6O6S2/c1-11-20-22-18(32-11)31-10-17(25)21-19-9-12-3-2-4-14(7-12)30-16-6-5-13(23(26)27)8-15(16)24(28)29/h2-9H,10H2,1H3,(H,21,25). The fraction of sp³-hybridized carbons (Fsp3) is 0.111. The second-order valence-corrected chi connectivity index (χ2v) is 8.41. The summed E-state index contributed by atoms with van der Waals surface area (Å²) in [4.78, 5) is 32.5. The van der Waals surface area contributed by atoms with Gasteiger partial charge in [0.05, 0.1) is 27.9 Å². The molecule has 0 saturated carbocycles. The highest BCUT2D eigenvalue weighted by Crippen LogP contribution is 2.34. The molecule has 0 spiro atoms. The zero-order valence-corrected chi connectivity index (χ0v) is 18.0. The number of aromatic nitrogens is 2. The number of nitro benzene ring substituents is 2. The number of nitro groups is 2. The summed E-state index contributed by atoms with van der Waals surface area (Å²) in [5, 5.41) is 34.6. The number of ether oxygens (including phenoxy) is 1. The van der Waals surface area contributed by atoms with Crippen molar-refractivity contribution in [3.05, 3.63) is 73.3 Å². The number of hydrogen-bond donors (Lipinski definition) is 1. The van der Waals surface area contributed by atoms with Gasteiger partial charge in [-0.15, -0.1) is 10.2 Å². The van der Waals surface area contributed by atoms with Gasteiger partial charge < -0.3 is 4.74 Å². The minimum absolute atomic E-state index is 0.124. The van der Waals surface area contributed by atoms with Crippen LogP contribution in [-0.2, 0) is 4.79 Å². The van der Waals surface area contributed by atoms with Crippen molar-refractivity contribution in [1.29, 1.82) is 0 Å². The van der Waals surface area contributed by atoms with Gasteiger partial charge in [0.1, 0.15) is 10.8 Å². The molecule has 12 nitrogen and oxygen atoms in total. The van der Waals surface area contributed by atoms with E-state index in [1.165, 1.54) is 29.3 Å². The van der Waals surface area contributed by atoms with Crippen molar-refractivity contribution >= 4 is 46.6 Å². The largest absolute Gasteiger partial charge is 0.450 e. The Morgan fingerprint density at radius 2 is 2.03 bits per heavy atom. The molecule has 3 aromatic rings. The van der Waals surface area contributed by atoms with Crippen molar-refractivity contribution in [3.8, 4) is 11.5 Å². The molecule has 32 heavy (non-hydrogen) atoms. The quantitative estimate of drug-likeness (QED) is 0.211. The molecule has 0 unspecified atom stereocenters. The molecule has 14 heteroatoms. The molecule has 1 heterocycles. The summed E-state index contributed by atoms with van der Waals surface area (Å²) in [6.07, 6.45) is 1.38. The number of aryl methyl sites for hydroxylation is 1. The molecule has 164 valence electrons. The molecule has 0 atom stereocenters. The third-order valence-corrected chi connectivity index (χ3v) is 5.65. The Morgan fingerprint density at radius 1 is 1.22 bits per heavy atom. The number of thioether (sulfide) groups is 1. The van der Waals surface area contributed by atoms with Crippen molar-refractivity contribution in [3.63, 3.8) is 0 Å². The minimum atomic E-state index is -0.760. The molecule has 0 radical (unpaired) electrons. The second kappa shape index (κ2) is 10.4. The zero-order valence-electron chi connectivity index (χ0n) is 16.3. The van der Waals surface area contributed by atoms with E-state index in [1.54, 1.807) is 24.3 Å². The van der Waals surface area contributed by atoms with Gasteiger partial charge in [0.25, 0.3) is 11.6 Å². The molecular formula is C18H14N6O6S2. The molecular weight excluding hydrogens is 460 g/mol. The highest BCUT2D eigenvalue weighted by Gasteiger charge is 2.21. The van der Waals surface area contributed by atoms with Crippen LogP contribution in [0.15, 0.2) is 51.9 Å². The first kappa shape index (κ1) is 22.8. The van der Waals surface area contributed by atoms with Gasteiger partial charge in [-0.3, -0.25) is 25.0 Å². The van der Waals surface area contributed by atoms with E-state index in [9.17, 15) is 25.0 Å². The van der Waals surface area contributed by atoms with Crippen molar-refractivity contribution in [2.24, 2.45) is 5.10 Å². The molecule has 2 aromatic carbocycles. The van der Waals surface area contributed by atoms with Crippen LogP contribution >= 0.6 is 23.1 Å². The van der Waals surface area contributed by atoms with Crippen molar-refractivity contribution in [2.75, 3.05) is 5.75 Å². The summed E-state index contributed by atoms with van der Waals surface area (Å²) >= 11 is 2.64. The lowest BCUT2D eigenvalue weighted by atomic mass is 10.2. The number of nitrogens with zero attached hydrogens (tertiary/aromatic N) is 5. The number of non-ortho nitro benzene ring substituents is 1. The number of hydrogen-bond acceptors (Lipinski definition) is 11. The van der Waals surface area contributed by atoms with Crippen LogP contribution in [0.5, 0.6) is 11.5 Å². The Hall–Kier alpha value is -3.91. The lowest BCUT2D eigenvalue weighted by molar-refractivity contribution is -0.394. The first-order valence-electron chi connectivity index (χ1n) is 8.77. The molecule has 0 bridgehead atoms. The Kier molecular flexibility index (Phi) is 7.41. The Bertz CT molecular complexity index is 1200. The monoisotopic (exact) mass is 474 g/mol. The lowest BCUT2D eigenvalue weighted by Crippen LogP contribution is -2.19. The van der Waals surface area contributed by atoms with E-state index in [4.69, 9.17) is 4.74 Å². The molecule has 0 aliphatic carbocycles. The van der Waals surface area contributed by atoms with Crippen LogP contribution in [0.4, 0.5) is 11.4 Å². The Balaban J connectivity index is 1.62. The van der Waals surface area contributed by atoms with E-state index in [0.717, 1.165) is 23.2 Å². The number of carbonyl (C=O) groups excluding carboxylic acids is 1. The van der Waals surface area contributed by atoms with Gasteiger partial charge in [0, 0.05) is 6.07 Å². The minimum Gasteiger partial charge on any atom is -0.450 e. The van der Waals surface area contributed by atoms with E-state index in [0.29, 0.717) is 9.90 Å². The van der Waals surface area contributed by atoms with Gasteiger partial charge in [-0.1, -0.05) is 35.2 Å². The van der Waals surface area contributed by atoms with Gasteiger partial charge in [-0.05, 0) is 30.7 Å². The van der Waals surface area contributed by atoms with Gasteiger partial charge in [0.2, 0.25) is 5.75 Å². The highest BCUT2D eigenvalue weighted by atomic mass is 32.2. The molecule has 1 aromatic heterocycles. The first-order chi connectivity index (χ1) is 15.3. The number of nitrogens with one attached hydrogen (secondary N) is 1. The average Bonchev–Trinajstić information content (AvgIpc) is 3.17. The van der Waals surface area contributed by atoms with Gasteiger partial charge in [-0.2, -0.15) is 5.10 Å². The zero-order chi connectivity index (χ0) is 23.1. The molecule has 0 fully saturated rings. The maximum atomic E-state index is 11.9. The van der Waals surface area contributed by atoms with Crippen LogP contribution < -0.4 is 10.2 Å². The summed E-state index contributed by atoms with van der Waals surface area (Å²) in [5.41, 5.74) is 2.00. The van der Waals surface area contributed by atoms with Crippen LogP contribution in [-0.4, -0.2) is 37.9 Å². The van der Waals surface area contributed by atoms with E-state index < -0.39 is 21.2 Å². The number of amides is 1. The normalized spacial score (nSPS) is 10.8. The van der Waals surface area contributed by atoms with E-state index >= 15 is 0 Å². The van der Waals surface area contributed by atoms with E-state index in [2.05, 4.69) is 20.7 Å². The average molecular weight is 474 g/mol. The predicted molar refractivity (Wildman–Crippen MR) is 117 cm³/mol. The van der Waals surface area contributed by atoms with Gasteiger partial charge in [0.15, 0.2) is 4.34 Å². The van der Waals surface area contributed by atoms with Crippen LogP contribution in [0, 0.1) is 27.2 Å². The highest BCUT2D eigenvalue weighted by molar-refractivity contribution is 8.01. The van der Waals surface area contributed by atoms with Crippen LogP contribution in [0.1, 0.15) is 10.6 Å². The van der Waals surface area contributed by atoms with Gasteiger partial charge >= 0.3 is 5.69 Å². The fourth-order valence-corrected chi connectivity index (χ4v) is 3.92. The van der Waals surface area contributed by atoms with E-state index in [-0.39, 0.29) is 23.2 Å². The summed E-state index contributed by atoms with van der Waals surface area (Å²) in [7, 11) is 0. The third-order valence-electron chi connectivity index (χ3n) is 3.67. The van der Waals surface area contributed by atoms with E-state index in [1.807, 2.05) is 6.92 Å². The molecule has 1 N–H and O–H groups in total. The summed E-state index contributed by atoms with van der Waals surface area (Å²) in [5.74, 6) is -0.0989. The predicted octanol–water partition coefficient (Wildman–Crippen LogP) is 3.70. The maximum Gasteiger partial charge on any atom is 0.318 e. The molecule has 0 aliphatic rings. The molecule has 3 rings (SSSR count). The smallest absolute Gasteiger partial charge is 0.318 e. The summed E-state index contributed by atoms with van der Waals surface area (Å²) in [6, 6.07) is 9.52. The summed E-state index contributed by atoms with van der Waals surface area (Å²) in [6.45, 7) is 1.82. The van der Waals surface area contributed by atoms with Crippen LogP contribution in [0.2, 0.25) is 0 Å². The Labute approximate surface area is 188 Å². The fourth-order valence-electron chi connectivity index (χ4n) is 2.31. The second-order valence-electron chi connectivity index (χ2n) is 6.01. The molecule has 0 saturated heterocycles. The number of carbonyl (C=O) groups is 1. The van der Waals surface area contributed by atoms with Gasteiger partial charge in [-0.25, -0.2) is 5.43 Å². The topological polar surface area (TPSA) is 163 Å². The molecule has 1 amide bonds. The van der Waals surface area contributed by atoms with Crippen molar-refractivity contribution in [1.82, 2.24) is 15.6 Å². The number of rotatable bonds is 9. The number of hydrazone groups is 1. The summed E-state index contributed by atoms with van der Waals surface area (Å²) < 4.78 is 6.22. The Morgan fingerprint density at radius 3 is 2.72 bits per heavy atom. The lowest BCUT2D eigenvalue weighted by Gasteiger charge is -2.07. The third kappa shape index (κ3) is 6.29. The SMILES string of the molecule is Cc1nnc(SCC(=O)NN=Cc2cccc(Oc3ccc([N+](=O)[O-])cc3[N+](=O)[O-])c2)s1. The maximum absolute atomic E-state index is 11.9. The number of benzene rings is 2. The van der Waals surface area contributed by atoms with Crippen LogP contribution in [0.25, 0.3) is 0 Å². The van der Waals surface area contributed by atoms with Crippen molar-refractivity contribution < 1.29 is 19.4 Å². The first-order valence-corrected chi connectivity index (χ1v) is 10.6. The van der Waals surface area contributed by atoms with Crippen molar-refractivity contribution in [2.45, 2.75) is 11.3 Å². The molecule has 0 aliphatic heterocycles.